The molecule has 2 nitrogen and oxygen atoms in total. The minimum atomic E-state index is 0.790. The Kier molecular flexibility index (Phi) is 7.37. The Bertz CT molecular complexity index is 244. The molecule has 0 aliphatic carbocycles. The first-order valence-electron chi connectivity index (χ1n) is 9.35. The van der Waals surface area contributed by atoms with E-state index in [2.05, 4.69) is 24.1 Å². The molecule has 2 saturated heterocycles. The van der Waals surface area contributed by atoms with E-state index >= 15 is 0 Å². The molecule has 2 aliphatic rings. The molecule has 0 amide bonds. The Labute approximate surface area is 126 Å². The van der Waals surface area contributed by atoms with Crippen LogP contribution in [-0.4, -0.2) is 36.1 Å². The summed E-state index contributed by atoms with van der Waals surface area (Å²) in [5, 5.41) is 4.06. The lowest BCUT2D eigenvalue weighted by Crippen LogP contribution is -2.44. The maximum atomic E-state index is 4.06. The van der Waals surface area contributed by atoms with Crippen LogP contribution in [-0.2, 0) is 0 Å². The number of fused-ring (bicyclic) bond motifs is 1. The molecule has 20 heavy (non-hydrogen) atoms. The standard InChI is InChI=1S/C18H36N2/c1-3-5-7-10-16(11-8-6-4-2)19-17-13-15-20-14-9-12-18(17)20/h16-19H,3-15H2,1-2H3. The Morgan fingerprint density at radius 3 is 2.30 bits per heavy atom. The molecule has 0 radical (unpaired) electrons. The van der Waals surface area contributed by atoms with Gasteiger partial charge >= 0.3 is 0 Å². The fourth-order valence-corrected chi connectivity index (χ4v) is 4.17. The van der Waals surface area contributed by atoms with Crippen molar-refractivity contribution in [2.45, 2.75) is 103 Å². The summed E-state index contributed by atoms with van der Waals surface area (Å²) in [5.41, 5.74) is 0. The molecule has 2 fully saturated rings. The number of nitrogens with one attached hydrogen (secondary N) is 1. The fourth-order valence-electron chi connectivity index (χ4n) is 4.17. The third kappa shape index (κ3) is 4.73. The lowest BCUT2D eigenvalue weighted by Gasteiger charge is -2.27. The van der Waals surface area contributed by atoms with Crippen LogP contribution < -0.4 is 5.32 Å². The Morgan fingerprint density at radius 1 is 0.950 bits per heavy atom. The molecule has 0 aromatic carbocycles. The van der Waals surface area contributed by atoms with Gasteiger partial charge in [0, 0.05) is 24.7 Å². The quantitative estimate of drug-likeness (QED) is 0.599. The average Bonchev–Trinajstić information content (AvgIpc) is 3.04. The third-order valence-electron chi connectivity index (χ3n) is 5.37. The molecule has 118 valence electrons. The molecule has 2 heteroatoms. The first kappa shape index (κ1) is 16.3. The lowest BCUT2D eigenvalue weighted by atomic mass is 9.98. The van der Waals surface area contributed by atoms with Gasteiger partial charge in [0.05, 0.1) is 0 Å². The van der Waals surface area contributed by atoms with Gasteiger partial charge in [-0.2, -0.15) is 0 Å². The van der Waals surface area contributed by atoms with Crippen molar-refractivity contribution in [1.82, 2.24) is 10.2 Å². The zero-order chi connectivity index (χ0) is 14.2. The molecule has 0 saturated carbocycles. The fraction of sp³-hybridized carbons (Fsp3) is 1.00. The molecule has 0 aromatic heterocycles. The molecule has 2 rings (SSSR count). The summed E-state index contributed by atoms with van der Waals surface area (Å²) in [7, 11) is 0. The molecular weight excluding hydrogens is 244 g/mol. The van der Waals surface area contributed by atoms with E-state index in [0.717, 1.165) is 18.1 Å². The minimum Gasteiger partial charge on any atom is -0.310 e. The highest BCUT2D eigenvalue weighted by atomic mass is 15.2. The average molecular weight is 280 g/mol. The molecule has 2 atom stereocenters. The van der Waals surface area contributed by atoms with Crippen molar-refractivity contribution in [3.8, 4) is 0 Å². The Morgan fingerprint density at radius 2 is 1.65 bits per heavy atom. The van der Waals surface area contributed by atoms with Crippen LogP contribution in [0.25, 0.3) is 0 Å². The monoisotopic (exact) mass is 280 g/mol. The number of rotatable bonds is 10. The van der Waals surface area contributed by atoms with Crippen LogP contribution in [0, 0.1) is 0 Å². The van der Waals surface area contributed by atoms with Crippen molar-refractivity contribution in [2.24, 2.45) is 0 Å². The van der Waals surface area contributed by atoms with E-state index in [1.807, 2.05) is 0 Å². The minimum absolute atomic E-state index is 0.790. The van der Waals surface area contributed by atoms with Crippen LogP contribution in [0.4, 0.5) is 0 Å². The summed E-state index contributed by atoms with van der Waals surface area (Å²) in [5.74, 6) is 0. The SMILES string of the molecule is CCCCCC(CCCCC)NC1CCN2CCCC12. The van der Waals surface area contributed by atoms with Gasteiger partial charge in [0.25, 0.3) is 0 Å². The van der Waals surface area contributed by atoms with Crippen molar-refractivity contribution in [3.63, 3.8) is 0 Å². The maximum Gasteiger partial charge on any atom is 0.0250 e. The van der Waals surface area contributed by atoms with Gasteiger partial charge in [-0.1, -0.05) is 52.4 Å². The van der Waals surface area contributed by atoms with Crippen LogP contribution in [0.15, 0.2) is 0 Å². The summed E-state index contributed by atoms with van der Waals surface area (Å²) < 4.78 is 0. The number of hydrogen-bond acceptors (Lipinski definition) is 2. The molecule has 0 spiro atoms. The molecule has 0 bridgehead atoms. The Hall–Kier alpha value is -0.0800. The van der Waals surface area contributed by atoms with Crippen molar-refractivity contribution in [1.29, 1.82) is 0 Å². The highest BCUT2D eigenvalue weighted by molar-refractivity contribution is 4.96. The summed E-state index contributed by atoms with van der Waals surface area (Å²) in [6.07, 6.45) is 15.4. The second kappa shape index (κ2) is 9.04. The normalized spacial score (nSPS) is 26.6. The maximum absolute atomic E-state index is 4.06. The summed E-state index contributed by atoms with van der Waals surface area (Å²) >= 11 is 0. The smallest absolute Gasteiger partial charge is 0.0250 e. The van der Waals surface area contributed by atoms with E-state index in [4.69, 9.17) is 0 Å². The van der Waals surface area contributed by atoms with Crippen molar-refractivity contribution < 1.29 is 0 Å². The number of unbranched alkanes of at least 4 members (excludes halogenated alkanes) is 4. The van der Waals surface area contributed by atoms with E-state index in [-0.39, 0.29) is 0 Å². The molecule has 1 N–H and O–H groups in total. The van der Waals surface area contributed by atoms with Gasteiger partial charge in [-0.05, 0) is 38.6 Å². The van der Waals surface area contributed by atoms with Crippen molar-refractivity contribution in [3.05, 3.63) is 0 Å². The van der Waals surface area contributed by atoms with Crippen LogP contribution >= 0.6 is 0 Å². The van der Waals surface area contributed by atoms with Crippen LogP contribution in [0.1, 0.15) is 84.5 Å². The molecule has 0 aromatic rings. The van der Waals surface area contributed by atoms with Crippen LogP contribution in [0.3, 0.4) is 0 Å². The highest BCUT2D eigenvalue weighted by Crippen LogP contribution is 2.28. The largest absolute Gasteiger partial charge is 0.310 e. The van der Waals surface area contributed by atoms with Gasteiger partial charge in [-0.3, -0.25) is 4.90 Å². The van der Waals surface area contributed by atoms with Crippen LogP contribution in [0.5, 0.6) is 0 Å². The molecular formula is C18H36N2. The second-order valence-corrected chi connectivity index (χ2v) is 7.00. The highest BCUT2D eigenvalue weighted by Gasteiger charge is 2.37. The lowest BCUT2D eigenvalue weighted by molar-refractivity contribution is 0.279. The van der Waals surface area contributed by atoms with Gasteiger partial charge in [0.1, 0.15) is 0 Å². The molecule has 2 unspecified atom stereocenters. The zero-order valence-electron chi connectivity index (χ0n) is 13.9. The number of hydrogen-bond donors (Lipinski definition) is 1. The van der Waals surface area contributed by atoms with Gasteiger partial charge in [0.2, 0.25) is 0 Å². The van der Waals surface area contributed by atoms with Gasteiger partial charge < -0.3 is 5.32 Å². The van der Waals surface area contributed by atoms with Crippen molar-refractivity contribution >= 4 is 0 Å². The topological polar surface area (TPSA) is 15.3 Å². The number of nitrogens with zero attached hydrogens (tertiary/aromatic N) is 1. The first-order chi connectivity index (χ1) is 9.85. The second-order valence-electron chi connectivity index (χ2n) is 7.00. The Balaban J connectivity index is 1.76. The van der Waals surface area contributed by atoms with E-state index < -0.39 is 0 Å². The van der Waals surface area contributed by atoms with E-state index in [9.17, 15) is 0 Å². The summed E-state index contributed by atoms with van der Waals surface area (Å²) in [4.78, 5) is 2.73. The van der Waals surface area contributed by atoms with E-state index in [1.54, 1.807) is 0 Å². The zero-order valence-corrected chi connectivity index (χ0v) is 13.9. The van der Waals surface area contributed by atoms with Gasteiger partial charge in [-0.25, -0.2) is 0 Å². The van der Waals surface area contributed by atoms with Gasteiger partial charge in [-0.15, -0.1) is 0 Å². The predicted octanol–water partition coefficient (Wildman–Crippen LogP) is 4.34. The third-order valence-corrected chi connectivity index (χ3v) is 5.37. The van der Waals surface area contributed by atoms with E-state index in [1.165, 1.54) is 83.7 Å². The van der Waals surface area contributed by atoms with Gasteiger partial charge in [0.15, 0.2) is 0 Å². The molecule has 2 aliphatic heterocycles. The molecule has 2 heterocycles. The predicted molar refractivity (Wildman–Crippen MR) is 88.2 cm³/mol. The van der Waals surface area contributed by atoms with Crippen molar-refractivity contribution in [2.75, 3.05) is 13.1 Å². The summed E-state index contributed by atoms with van der Waals surface area (Å²) in [6.45, 7) is 7.33. The van der Waals surface area contributed by atoms with E-state index in [0.29, 0.717) is 0 Å². The summed E-state index contributed by atoms with van der Waals surface area (Å²) in [6, 6.07) is 2.46. The first-order valence-corrected chi connectivity index (χ1v) is 9.35. The van der Waals surface area contributed by atoms with Crippen LogP contribution in [0.2, 0.25) is 0 Å².